The molecule has 1 saturated carbocycles. The van der Waals surface area contributed by atoms with Gasteiger partial charge in [-0.3, -0.25) is 24.0 Å². The molecule has 0 aromatic rings. The molecule has 0 radical (unpaired) electrons. The van der Waals surface area contributed by atoms with E-state index >= 15 is 0 Å². The molecule has 1 aliphatic carbocycles. The van der Waals surface area contributed by atoms with Crippen LogP contribution in [0.3, 0.4) is 0 Å². The number of rotatable bonds is 4. The first-order valence-electron chi connectivity index (χ1n) is 13.2. The summed E-state index contributed by atoms with van der Waals surface area (Å²) in [5.74, 6) is -5.86. The molecule has 4 fully saturated rings. The van der Waals surface area contributed by atoms with Crippen LogP contribution in [0.4, 0.5) is 0 Å². The van der Waals surface area contributed by atoms with Crippen LogP contribution in [-0.2, 0) is 52.4 Å². The number of ether oxygens (including phenoxy) is 6. The molecular formula is C28H35ClO12. The van der Waals surface area contributed by atoms with E-state index in [1.54, 1.807) is 6.92 Å². The lowest BCUT2D eigenvalue weighted by Gasteiger charge is -2.62. The molecule has 0 unspecified atom stereocenters. The van der Waals surface area contributed by atoms with Gasteiger partial charge in [0.2, 0.25) is 0 Å². The Morgan fingerprint density at radius 2 is 1.44 bits per heavy atom. The number of alkyl halides is 1. The van der Waals surface area contributed by atoms with Gasteiger partial charge in [-0.15, -0.1) is 11.6 Å². The van der Waals surface area contributed by atoms with Crippen molar-refractivity contribution >= 4 is 41.4 Å². The van der Waals surface area contributed by atoms with Gasteiger partial charge in [-0.1, -0.05) is 25.7 Å². The summed E-state index contributed by atoms with van der Waals surface area (Å²) in [5, 5.41) is 10.8. The van der Waals surface area contributed by atoms with Crippen LogP contribution in [0.5, 0.6) is 0 Å². The summed E-state index contributed by atoms with van der Waals surface area (Å²) < 4.78 is 35.2. The van der Waals surface area contributed by atoms with Crippen molar-refractivity contribution in [1.29, 1.82) is 0 Å². The SMILES string of the molecule is C=C1C[C@H](OC(C)=O)[C@H](OC(C)=O)[C@@]2(C)[C@H]1[C@H](OC(C)=O)[C@@]13O[C@H](C(=C)[C@H](Cl)[C@@H]1OC(=O)[C@@H]3C)[C@@H](O)[C@@H]2OC(C)=O. The molecule has 4 aliphatic rings. The third-order valence-corrected chi connectivity index (χ3v) is 9.24. The Balaban J connectivity index is 2.09. The van der Waals surface area contributed by atoms with Crippen LogP contribution in [0, 0.1) is 17.3 Å². The molecular weight excluding hydrogens is 564 g/mol. The zero-order valence-corrected chi connectivity index (χ0v) is 24.5. The molecule has 12 atom stereocenters. The van der Waals surface area contributed by atoms with Crippen molar-refractivity contribution in [3.8, 4) is 0 Å². The maximum Gasteiger partial charge on any atom is 0.312 e. The highest BCUT2D eigenvalue weighted by molar-refractivity contribution is 6.23. The number of fused-ring (bicyclic) bond motifs is 2. The topological polar surface area (TPSA) is 161 Å². The summed E-state index contributed by atoms with van der Waals surface area (Å²) in [6.07, 6.45) is -9.70. The fraction of sp³-hybridized carbons (Fsp3) is 0.679. The first-order chi connectivity index (χ1) is 19.0. The minimum absolute atomic E-state index is 0.0667. The lowest BCUT2D eigenvalue weighted by atomic mass is 9.52. The second kappa shape index (κ2) is 10.7. The first kappa shape index (κ1) is 31.0. The predicted octanol–water partition coefficient (Wildman–Crippen LogP) is 1.53. The maximum absolute atomic E-state index is 13.1. The third kappa shape index (κ3) is 4.73. The molecule has 1 N–H and O–H groups in total. The molecule has 226 valence electrons. The van der Waals surface area contributed by atoms with E-state index in [0.29, 0.717) is 5.57 Å². The monoisotopic (exact) mass is 598 g/mol. The van der Waals surface area contributed by atoms with E-state index < -0.39 is 101 Å². The zero-order valence-electron chi connectivity index (χ0n) is 23.7. The van der Waals surface area contributed by atoms with E-state index in [2.05, 4.69) is 13.2 Å². The third-order valence-electron chi connectivity index (χ3n) is 8.74. The molecule has 1 spiro atoms. The van der Waals surface area contributed by atoms with Gasteiger partial charge in [-0.2, -0.15) is 0 Å². The second-order valence-electron chi connectivity index (χ2n) is 11.4. The molecule has 13 heteroatoms. The van der Waals surface area contributed by atoms with Gasteiger partial charge in [0.15, 0.2) is 11.7 Å². The van der Waals surface area contributed by atoms with Crippen molar-refractivity contribution in [2.45, 2.75) is 102 Å². The van der Waals surface area contributed by atoms with Crippen molar-refractivity contribution in [3.63, 3.8) is 0 Å². The van der Waals surface area contributed by atoms with Gasteiger partial charge in [0.25, 0.3) is 0 Å². The number of hydrogen-bond donors (Lipinski definition) is 1. The van der Waals surface area contributed by atoms with Gasteiger partial charge in [0, 0.05) is 40.0 Å². The fourth-order valence-electron chi connectivity index (χ4n) is 7.21. The fourth-order valence-corrected chi connectivity index (χ4v) is 7.58. The first-order valence-corrected chi connectivity index (χ1v) is 13.7. The average molecular weight is 599 g/mol. The van der Waals surface area contributed by atoms with Gasteiger partial charge < -0.3 is 33.5 Å². The van der Waals surface area contributed by atoms with Crippen LogP contribution in [-0.4, -0.2) is 88.7 Å². The molecule has 3 aliphatic heterocycles. The number of hydrogen-bond acceptors (Lipinski definition) is 12. The summed E-state index contributed by atoms with van der Waals surface area (Å²) in [4.78, 5) is 62.9. The van der Waals surface area contributed by atoms with E-state index in [1.807, 2.05) is 0 Å². The highest BCUT2D eigenvalue weighted by Crippen LogP contribution is 2.61. The Morgan fingerprint density at radius 3 is 1.98 bits per heavy atom. The number of carbonyl (C=O) groups excluding carboxylic acids is 5. The molecule has 0 aromatic carbocycles. The minimum atomic E-state index is -1.77. The standard InChI is InChI=1S/C28H35ClO12/c1-10-9-17(36-13(4)30)22(37-14(5)31)27(8)18(10)23(38-15(6)32)28-12(3)26(35)40-24(28)19(29)11(2)21(41-28)20(34)25(27)39-16(7)33/h12,17-25,34H,1-2,9H2,3-8H3/t12-,17-,18+,19-,20+,21+,22-,23-,24-,25-,27+,28+/m0/s1. The normalized spacial score (nSPS) is 43.4. The van der Waals surface area contributed by atoms with Crippen LogP contribution in [0.25, 0.3) is 0 Å². The molecule has 41 heavy (non-hydrogen) atoms. The molecule has 0 aromatic heterocycles. The Labute approximate surface area is 242 Å². The van der Waals surface area contributed by atoms with Crippen molar-refractivity contribution in [2.24, 2.45) is 17.3 Å². The molecule has 4 rings (SSSR count). The van der Waals surface area contributed by atoms with Crippen molar-refractivity contribution in [2.75, 3.05) is 0 Å². The molecule has 0 amide bonds. The van der Waals surface area contributed by atoms with E-state index in [1.165, 1.54) is 13.8 Å². The van der Waals surface area contributed by atoms with E-state index in [0.717, 1.165) is 20.8 Å². The minimum Gasteiger partial charge on any atom is -0.459 e. The van der Waals surface area contributed by atoms with Gasteiger partial charge in [0.1, 0.15) is 36.6 Å². The average Bonchev–Trinajstić information content (AvgIpc) is 3.10. The van der Waals surface area contributed by atoms with Gasteiger partial charge in [-0.25, -0.2) is 0 Å². The number of halogens is 1. The van der Waals surface area contributed by atoms with Crippen LogP contribution < -0.4 is 0 Å². The summed E-state index contributed by atoms with van der Waals surface area (Å²) in [5.41, 5.74) is -3.00. The Hall–Kier alpha value is -2.96. The van der Waals surface area contributed by atoms with Crippen molar-refractivity contribution in [3.05, 3.63) is 24.3 Å². The van der Waals surface area contributed by atoms with Crippen LogP contribution in [0.1, 0.15) is 48.0 Å². The largest absolute Gasteiger partial charge is 0.459 e. The van der Waals surface area contributed by atoms with E-state index in [4.69, 9.17) is 40.0 Å². The highest BCUT2D eigenvalue weighted by Gasteiger charge is 2.76. The van der Waals surface area contributed by atoms with Crippen LogP contribution in [0.2, 0.25) is 0 Å². The van der Waals surface area contributed by atoms with Gasteiger partial charge in [0.05, 0.1) is 16.7 Å². The second-order valence-corrected chi connectivity index (χ2v) is 11.9. The lowest BCUT2D eigenvalue weighted by Crippen LogP contribution is -2.76. The molecule has 3 saturated heterocycles. The van der Waals surface area contributed by atoms with Gasteiger partial charge in [-0.05, 0) is 12.5 Å². The van der Waals surface area contributed by atoms with E-state index in [-0.39, 0.29) is 12.0 Å². The highest BCUT2D eigenvalue weighted by atomic mass is 35.5. The van der Waals surface area contributed by atoms with E-state index in [9.17, 15) is 29.1 Å². The number of esters is 5. The number of aliphatic hydroxyl groups excluding tert-OH is 1. The summed E-state index contributed by atoms with van der Waals surface area (Å²) >= 11 is 6.80. The summed E-state index contributed by atoms with van der Waals surface area (Å²) in [6.45, 7) is 15.9. The zero-order chi connectivity index (χ0) is 30.8. The molecule has 2 bridgehead atoms. The Morgan fingerprint density at radius 1 is 0.927 bits per heavy atom. The maximum atomic E-state index is 13.1. The molecule has 3 heterocycles. The Kier molecular flexibility index (Phi) is 8.09. The lowest BCUT2D eigenvalue weighted by molar-refractivity contribution is -0.298. The molecule has 12 nitrogen and oxygen atoms in total. The van der Waals surface area contributed by atoms with Gasteiger partial charge >= 0.3 is 29.8 Å². The predicted molar refractivity (Wildman–Crippen MR) is 139 cm³/mol. The quantitative estimate of drug-likeness (QED) is 0.215. The summed E-state index contributed by atoms with van der Waals surface area (Å²) in [7, 11) is 0. The summed E-state index contributed by atoms with van der Waals surface area (Å²) in [6, 6.07) is 0. The van der Waals surface area contributed by atoms with Crippen molar-refractivity contribution in [1.82, 2.24) is 0 Å². The number of aliphatic hydroxyl groups is 1. The number of carbonyl (C=O) groups is 5. The van der Waals surface area contributed by atoms with Crippen molar-refractivity contribution < 1.29 is 57.5 Å². The van der Waals surface area contributed by atoms with Crippen LogP contribution in [0.15, 0.2) is 24.3 Å². The van der Waals surface area contributed by atoms with Crippen LogP contribution >= 0.6 is 11.6 Å². The Bertz CT molecular complexity index is 1200. The smallest absolute Gasteiger partial charge is 0.312 e.